The van der Waals surface area contributed by atoms with E-state index in [4.69, 9.17) is 9.47 Å². The van der Waals surface area contributed by atoms with Crippen LogP contribution in [0.2, 0.25) is 0 Å². The van der Waals surface area contributed by atoms with E-state index in [2.05, 4.69) is 10.6 Å². The lowest BCUT2D eigenvalue weighted by atomic mass is 10.2. The van der Waals surface area contributed by atoms with Crippen LogP contribution in [0.25, 0.3) is 0 Å². The van der Waals surface area contributed by atoms with Crippen molar-refractivity contribution in [2.75, 3.05) is 32.2 Å². The maximum absolute atomic E-state index is 11.9. The van der Waals surface area contributed by atoms with E-state index in [1.165, 1.54) is 0 Å². The summed E-state index contributed by atoms with van der Waals surface area (Å²) >= 11 is 0. The number of ether oxygens (including phenoxy) is 2. The van der Waals surface area contributed by atoms with E-state index < -0.39 is 0 Å². The molecule has 0 saturated heterocycles. The van der Waals surface area contributed by atoms with Gasteiger partial charge in [0.1, 0.15) is 5.75 Å². The molecule has 0 radical (unpaired) electrons. The molecule has 0 spiro atoms. The molecule has 0 heterocycles. The normalized spacial score (nSPS) is 10.2. The fourth-order valence-corrected chi connectivity index (χ4v) is 2.12. The molecule has 2 N–H and O–H groups in total. The fraction of sp³-hybridized carbons (Fsp3) is 0.263. The second-order valence-electron chi connectivity index (χ2n) is 5.48. The number of nitrogens with one attached hydrogen (secondary N) is 2. The lowest BCUT2D eigenvalue weighted by molar-refractivity contribution is -0.118. The molecule has 0 unspecified atom stereocenters. The van der Waals surface area contributed by atoms with E-state index in [-0.39, 0.29) is 18.4 Å². The Bertz CT molecular complexity index is 714. The van der Waals surface area contributed by atoms with Crippen LogP contribution in [0.5, 0.6) is 5.75 Å². The zero-order valence-corrected chi connectivity index (χ0v) is 14.4. The van der Waals surface area contributed by atoms with Gasteiger partial charge in [0.25, 0.3) is 11.8 Å². The molecule has 2 aromatic rings. The number of aryl methyl sites for hydroxylation is 1. The molecule has 6 heteroatoms. The van der Waals surface area contributed by atoms with Crippen LogP contribution < -0.4 is 15.4 Å². The standard InChI is InChI=1S/C19H22N2O4/c1-14-4-3-5-17(12-14)25-13-18(22)21-16-8-6-15(7-9-16)19(23)20-10-11-24-2/h3-9,12H,10-11,13H2,1-2H3,(H,20,23)(H,21,22). The number of rotatable bonds is 8. The number of anilines is 1. The zero-order chi connectivity index (χ0) is 18.1. The average Bonchev–Trinajstić information content (AvgIpc) is 2.61. The molecule has 0 aliphatic carbocycles. The van der Waals surface area contributed by atoms with E-state index in [1.807, 2.05) is 25.1 Å². The minimum absolute atomic E-state index is 0.0806. The Morgan fingerprint density at radius 3 is 2.52 bits per heavy atom. The van der Waals surface area contributed by atoms with Crippen molar-refractivity contribution in [1.29, 1.82) is 0 Å². The Kier molecular flexibility index (Phi) is 6.98. The van der Waals surface area contributed by atoms with Gasteiger partial charge in [0, 0.05) is 24.9 Å². The van der Waals surface area contributed by atoms with Crippen LogP contribution in [0.1, 0.15) is 15.9 Å². The number of carbonyl (C=O) groups is 2. The number of benzene rings is 2. The highest BCUT2D eigenvalue weighted by molar-refractivity contribution is 5.96. The SMILES string of the molecule is COCCNC(=O)c1ccc(NC(=O)COc2cccc(C)c2)cc1. The summed E-state index contributed by atoms with van der Waals surface area (Å²) in [5.41, 5.74) is 2.19. The van der Waals surface area contributed by atoms with E-state index in [9.17, 15) is 9.59 Å². The lowest BCUT2D eigenvalue weighted by Crippen LogP contribution is -2.26. The quantitative estimate of drug-likeness (QED) is 0.722. The number of amides is 2. The number of hydrogen-bond donors (Lipinski definition) is 2. The minimum Gasteiger partial charge on any atom is -0.484 e. The molecule has 25 heavy (non-hydrogen) atoms. The van der Waals surface area contributed by atoms with Gasteiger partial charge in [-0.15, -0.1) is 0 Å². The van der Waals surface area contributed by atoms with Gasteiger partial charge in [-0.2, -0.15) is 0 Å². The third kappa shape index (κ3) is 6.27. The smallest absolute Gasteiger partial charge is 0.262 e. The van der Waals surface area contributed by atoms with Gasteiger partial charge >= 0.3 is 0 Å². The monoisotopic (exact) mass is 342 g/mol. The molecular formula is C19H22N2O4. The highest BCUT2D eigenvalue weighted by atomic mass is 16.5. The molecule has 0 saturated carbocycles. The molecule has 6 nitrogen and oxygen atoms in total. The Morgan fingerprint density at radius 2 is 1.84 bits per heavy atom. The molecule has 0 fully saturated rings. The Balaban J connectivity index is 1.81. The molecule has 0 aliphatic heterocycles. The molecule has 2 rings (SSSR count). The second kappa shape index (κ2) is 9.44. The van der Waals surface area contributed by atoms with E-state index >= 15 is 0 Å². The summed E-state index contributed by atoms with van der Waals surface area (Å²) in [6, 6.07) is 14.2. The van der Waals surface area contributed by atoms with E-state index in [0.717, 1.165) is 5.56 Å². The van der Waals surface area contributed by atoms with Crippen LogP contribution >= 0.6 is 0 Å². The topological polar surface area (TPSA) is 76.7 Å². The summed E-state index contributed by atoms with van der Waals surface area (Å²) in [4.78, 5) is 23.8. The summed E-state index contributed by atoms with van der Waals surface area (Å²) in [6.45, 7) is 2.79. The third-order valence-corrected chi connectivity index (χ3v) is 3.38. The van der Waals surface area contributed by atoms with Gasteiger partial charge in [-0.1, -0.05) is 12.1 Å². The summed E-state index contributed by atoms with van der Waals surface area (Å²) in [7, 11) is 1.58. The van der Waals surface area contributed by atoms with Crippen molar-refractivity contribution < 1.29 is 19.1 Å². The second-order valence-corrected chi connectivity index (χ2v) is 5.48. The van der Waals surface area contributed by atoms with Crippen LogP contribution in [0.15, 0.2) is 48.5 Å². The molecule has 0 bridgehead atoms. The molecule has 0 aliphatic rings. The Labute approximate surface area is 147 Å². The van der Waals surface area contributed by atoms with Crippen molar-refractivity contribution >= 4 is 17.5 Å². The molecule has 0 aromatic heterocycles. The van der Waals surface area contributed by atoms with Crippen LogP contribution in [-0.2, 0) is 9.53 Å². The van der Waals surface area contributed by atoms with Gasteiger partial charge in [0.15, 0.2) is 6.61 Å². The highest BCUT2D eigenvalue weighted by Gasteiger charge is 2.07. The number of hydrogen-bond acceptors (Lipinski definition) is 4. The lowest BCUT2D eigenvalue weighted by Gasteiger charge is -2.09. The summed E-state index contributed by atoms with van der Waals surface area (Å²) in [5.74, 6) is 0.203. The molecule has 2 amide bonds. The van der Waals surface area contributed by atoms with E-state index in [0.29, 0.717) is 30.2 Å². The van der Waals surface area contributed by atoms with Crippen LogP contribution in [-0.4, -0.2) is 38.7 Å². The van der Waals surface area contributed by atoms with Gasteiger partial charge in [0.2, 0.25) is 0 Å². The maximum atomic E-state index is 11.9. The van der Waals surface area contributed by atoms with Crippen molar-refractivity contribution in [1.82, 2.24) is 5.32 Å². The predicted octanol–water partition coefficient (Wildman–Crippen LogP) is 2.39. The third-order valence-electron chi connectivity index (χ3n) is 3.38. The van der Waals surface area contributed by atoms with Crippen molar-refractivity contribution in [3.63, 3.8) is 0 Å². The molecule has 2 aromatic carbocycles. The van der Waals surface area contributed by atoms with Crippen molar-refractivity contribution in [3.05, 3.63) is 59.7 Å². The van der Waals surface area contributed by atoms with Crippen LogP contribution in [0.4, 0.5) is 5.69 Å². The van der Waals surface area contributed by atoms with Gasteiger partial charge in [-0.05, 0) is 48.9 Å². The van der Waals surface area contributed by atoms with Gasteiger partial charge in [0.05, 0.1) is 6.61 Å². The summed E-state index contributed by atoms with van der Waals surface area (Å²) < 4.78 is 10.3. The van der Waals surface area contributed by atoms with Gasteiger partial charge in [-0.3, -0.25) is 9.59 Å². The first kappa shape index (κ1) is 18.5. The summed E-state index contributed by atoms with van der Waals surface area (Å²) in [5, 5.41) is 5.46. The zero-order valence-electron chi connectivity index (χ0n) is 14.4. The minimum atomic E-state index is -0.265. The predicted molar refractivity (Wildman–Crippen MR) is 96.0 cm³/mol. The Morgan fingerprint density at radius 1 is 1.08 bits per heavy atom. The van der Waals surface area contributed by atoms with E-state index in [1.54, 1.807) is 37.4 Å². The highest BCUT2D eigenvalue weighted by Crippen LogP contribution is 2.13. The van der Waals surface area contributed by atoms with Crippen molar-refractivity contribution in [2.24, 2.45) is 0 Å². The van der Waals surface area contributed by atoms with Gasteiger partial charge in [-0.25, -0.2) is 0 Å². The Hall–Kier alpha value is -2.86. The molecule has 0 atom stereocenters. The largest absolute Gasteiger partial charge is 0.484 e. The van der Waals surface area contributed by atoms with Crippen molar-refractivity contribution in [2.45, 2.75) is 6.92 Å². The maximum Gasteiger partial charge on any atom is 0.262 e. The summed E-state index contributed by atoms with van der Waals surface area (Å²) in [6.07, 6.45) is 0. The molecule has 132 valence electrons. The van der Waals surface area contributed by atoms with Crippen LogP contribution in [0, 0.1) is 6.92 Å². The number of carbonyl (C=O) groups excluding carboxylic acids is 2. The van der Waals surface area contributed by atoms with Crippen LogP contribution in [0.3, 0.4) is 0 Å². The average molecular weight is 342 g/mol. The number of methoxy groups -OCH3 is 1. The first-order valence-corrected chi connectivity index (χ1v) is 7.95. The fourth-order valence-electron chi connectivity index (χ4n) is 2.12. The first-order chi connectivity index (χ1) is 12.1. The molecular weight excluding hydrogens is 320 g/mol. The van der Waals surface area contributed by atoms with Gasteiger partial charge < -0.3 is 20.1 Å². The van der Waals surface area contributed by atoms with Crippen molar-refractivity contribution in [3.8, 4) is 5.75 Å². The first-order valence-electron chi connectivity index (χ1n) is 7.95.